The van der Waals surface area contributed by atoms with E-state index in [-0.39, 0.29) is 5.82 Å². The molecule has 36 heavy (non-hydrogen) atoms. The van der Waals surface area contributed by atoms with Crippen LogP contribution in [0.15, 0.2) is 61.2 Å². The van der Waals surface area contributed by atoms with E-state index in [1.54, 1.807) is 30.7 Å². The van der Waals surface area contributed by atoms with E-state index in [9.17, 15) is 4.39 Å². The molecule has 0 atom stereocenters. The second-order valence-corrected chi connectivity index (χ2v) is 9.24. The quantitative estimate of drug-likeness (QED) is 0.292. The van der Waals surface area contributed by atoms with Crippen LogP contribution in [-0.4, -0.2) is 60.9 Å². The highest BCUT2D eigenvalue weighted by Gasteiger charge is 2.16. The number of aromatic nitrogens is 7. The lowest BCUT2D eigenvalue weighted by atomic mass is 10.0. The summed E-state index contributed by atoms with van der Waals surface area (Å²) >= 11 is 0. The molecular weight excluding hydrogens is 455 g/mol. The fourth-order valence-corrected chi connectivity index (χ4v) is 4.62. The van der Waals surface area contributed by atoms with Crippen molar-refractivity contribution in [3.63, 3.8) is 0 Å². The van der Waals surface area contributed by atoms with Crippen molar-refractivity contribution in [2.75, 3.05) is 20.6 Å². The summed E-state index contributed by atoms with van der Waals surface area (Å²) in [5.74, 6) is -0.251. The molecular formula is C27H25FN8. The largest absolute Gasteiger partial charge is 0.353 e. The molecule has 180 valence electrons. The van der Waals surface area contributed by atoms with Gasteiger partial charge in [-0.1, -0.05) is 0 Å². The lowest BCUT2D eigenvalue weighted by Gasteiger charge is -2.10. The molecule has 0 radical (unpaired) electrons. The molecule has 0 saturated carbocycles. The number of halogens is 1. The highest BCUT2D eigenvalue weighted by molar-refractivity contribution is 6.00. The molecule has 0 aliphatic carbocycles. The number of hydrogen-bond donors (Lipinski definition) is 3. The van der Waals surface area contributed by atoms with Crippen LogP contribution in [0.1, 0.15) is 12.0 Å². The summed E-state index contributed by atoms with van der Waals surface area (Å²) in [4.78, 5) is 14.7. The van der Waals surface area contributed by atoms with Gasteiger partial charge in [0.05, 0.1) is 23.3 Å². The van der Waals surface area contributed by atoms with Crippen molar-refractivity contribution in [3.05, 3.63) is 72.6 Å². The van der Waals surface area contributed by atoms with Crippen LogP contribution in [0.25, 0.3) is 55.7 Å². The summed E-state index contributed by atoms with van der Waals surface area (Å²) in [6.07, 6.45) is 8.89. The third-order valence-corrected chi connectivity index (χ3v) is 6.36. The van der Waals surface area contributed by atoms with E-state index < -0.39 is 0 Å². The lowest BCUT2D eigenvalue weighted by molar-refractivity contribution is 0.400. The monoisotopic (exact) mass is 480 g/mol. The van der Waals surface area contributed by atoms with Gasteiger partial charge in [0.25, 0.3) is 0 Å². The van der Waals surface area contributed by atoms with Crippen molar-refractivity contribution in [1.29, 1.82) is 0 Å². The van der Waals surface area contributed by atoms with E-state index in [4.69, 9.17) is 0 Å². The maximum atomic E-state index is 14.6. The predicted octanol–water partition coefficient (Wildman–Crippen LogP) is 5.19. The molecule has 8 nitrogen and oxygen atoms in total. The third-order valence-electron chi connectivity index (χ3n) is 6.36. The highest BCUT2D eigenvalue weighted by atomic mass is 19.1. The average molecular weight is 481 g/mol. The molecule has 6 rings (SSSR count). The molecule has 0 unspecified atom stereocenters. The molecule has 0 aliphatic heterocycles. The van der Waals surface area contributed by atoms with Gasteiger partial charge in [-0.2, -0.15) is 10.2 Å². The molecule has 9 heteroatoms. The minimum atomic E-state index is -0.251. The molecule has 0 spiro atoms. The van der Waals surface area contributed by atoms with Crippen molar-refractivity contribution in [1.82, 2.24) is 40.2 Å². The number of hydrogen-bond acceptors (Lipinski definition) is 5. The maximum absolute atomic E-state index is 14.6. The van der Waals surface area contributed by atoms with Crippen molar-refractivity contribution in [2.24, 2.45) is 0 Å². The van der Waals surface area contributed by atoms with Gasteiger partial charge >= 0.3 is 0 Å². The van der Waals surface area contributed by atoms with Gasteiger partial charge in [-0.05, 0) is 75.4 Å². The first-order valence-electron chi connectivity index (χ1n) is 11.8. The summed E-state index contributed by atoms with van der Waals surface area (Å²) < 4.78 is 14.6. The Labute approximate surface area is 206 Å². The van der Waals surface area contributed by atoms with Crippen LogP contribution in [-0.2, 0) is 6.42 Å². The van der Waals surface area contributed by atoms with Crippen LogP contribution in [0.2, 0.25) is 0 Å². The Morgan fingerprint density at radius 3 is 2.69 bits per heavy atom. The molecule has 6 aromatic rings. The average Bonchev–Trinajstić information content (AvgIpc) is 3.62. The zero-order valence-electron chi connectivity index (χ0n) is 20.0. The van der Waals surface area contributed by atoms with Gasteiger partial charge in [-0.3, -0.25) is 15.2 Å². The molecule has 1 aromatic carbocycles. The molecule has 5 heterocycles. The highest BCUT2D eigenvalue weighted by Crippen LogP contribution is 2.34. The molecule has 0 aliphatic rings. The number of aryl methyl sites for hydroxylation is 1. The molecule has 0 amide bonds. The van der Waals surface area contributed by atoms with Gasteiger partial charge in [-0.25, -0.2) is 9.37 Å². The van der Waals surface area contributed by atoms with Crippen LogP contribution in [0, 0.1) is 5.82 Å². The van der Waals surface area contributed by atoms with E-state index in [0.717, 1.165) is 75.0 Å². The van der Waals surface area contributed by atoms with E-state index in [1.807, 2.05) is 44.6 Å². The van der Waals surface area contributed by atoms with Gasteiger partial charge in [0.15, 0.2) is 5.65 Å². The predicted molar refractivity (Wildman–Crippen MR) is 139 cm³/mol. The van der Waals surface area contributed by atoms with Crippen LogP contribution in [0.3, 0.4) is 0 Å². The Morgan fingerprint density at radius 2 is 1.86 bits per heavy atom. The van der Waals surface area contributed by atoms with Gasteiger partial charge in [0.2, 0.25) is 0 Å². The Balaban J connectivity index is 1.41. The minimum absolute atomic E-state index is 0.251. The van der Waals surface area contributed by atoms with Crippen LogP contribution >= 0.6 is 0 Å². The fraction of sp³-hybridized carbons (Fsp3) is 0.185. The Kier molecular flexibility index (Phi) is 5.54. The molecule has 0 fully saturated rings. The van der Waals surface area contributed by atoms with Crippen molar-refractivity contribution in [2.45, 2.75) is 12.8 Å². The first-order chi connectivity index (χ1) is 17.5. The Morgan fingerprint density at radius 1 is 0.944 bits per heavy atom. The van der Waals surface area contributed by atoms with E-state index in [0.29, 0.717) is 5.65 Å². The van der Waals surface area contributed by atoms with Crippen molar-refractivity contribution in [3.8, 4) is 33.8 Å². The SMILES string of the molecule is CN(C)CCCc1cc(F)cc(-c2nccc3[nH]c(-c4[nH]nc5ncc(-c6cn[nH]c6)cc45)cc23)c1. The lowest BCUT2D eigenvalue weighted by Crippen LogP contribution is -2.13. The van der Waals surface area contributed by atoms with Gasteiger partial charge in [0.1, 0.15) is 5.82 Å². The first-order valence-corrected chi connectivity index (χ1v) is 11.8. The van der Waals surface area contributed by atoms with Gasteiger partial charge < -0.3 is 9.88 Å². The standard InChI is InChI=1S/C27H25FN8/c1-36(2)7-3-4-16-8-17(10-20(28)9-16)25-21-12-24(33-23(21)5-6-29-25)26-22-11-18(19-14-31-32-15-19)13-30-27(22)35-34-26/h5-6,8-15,33H,3-4,7H2,1-2H3,(H,31,32)(H,30,34,35). The van der Waals surface area contributed by atoms with Crippen LogP contribution < -0.4 is 0 Å². The summed E-state index contributed by atoms with van der Waals surface area (Å²) in [5.41, 5.74) is 7.60. The third kappa shape index (κ3) is 4.14. The summed E-state index contributed by atoms with van der Waals surface area (Å²) in [6.45, 7) is 0.955. The molecule has 0 saturated heterocycles. The van der Waals surface area contributed by atoms with Gasteiger partial charge in [-0.15, -0.1) is 0 Å². The summed E-state index contributed by atoms with van der Waals surface area (Å²) in [6, 6.07) is 11.2. The zero-order valence-corrected chi connectivity index (χ0v) is 20.0. The second-order valence-electron chi connectivity index (χ2n) is 9.24. The van der Waals surface area contributed by atoms with Crippen LogP contribution in [0.4, 0.5) is 4.39 Å². The number of aromatic amines is 3. The normalized spacial score (nSPS) is 11.8. The number of H-pyrrole nitrogens is 3. The molecule has 0 bridgehead atoms. The minimum Gasteiger partial charge on any atom is -0.353 e. The number of nitrogens with zero attached hydrogens (tertiary/aromatic N) is 5. The Hall–Kier alpha value is -4.37. The summed E-state index contributed by atoms with van der Waals surface area (Å²) in [5, 5.41) is 16.2. The molecule has 5 aromatic heterocycles. The molecule has 3 N–H and O–H groups in total. The van der Waals surface area contributed by atoms with E-state index >= 15 is 0 Å². The van der Waals surface area contributed by atoms with E-state index in [2.05, 4.69) is 40.2 Å². The Bertz CT molecular complexity index is 1660. The maximum Gasteiger partial charge on any atom is 0.181 e. The fourth-order valence-electron chi connectivity index (χ4n) is 4.62. The number of benzene rings is 1. The number of fused-ring (bicyclic) bond motifs is 2. The second kappa shape index (κ2) is 9.01. The smallest absolute Gasteiger partial charge is 0.181 e. The number of rotatable bonds is 7. The van der Waals surface area contributed by atoms with Crippen molar-refractivity contribution < 1.29 is 4.39 Å². The number of pyridine rings is 2. The zero-order chi connectivity index (χ0) is 24.6. The van der Waals surface area contributed by atoms with Crippen molar-refractivity contribution >= 4 is 21.9 Å². The summed E-state index contributed by atoms with van der Waals surface area (Å²) in [7, 11) is 4.09. The number of nitrogens with one attached hydrogen (secondary N) is 3. The topological polar surface area (TPSA) is 102 Å². The van der Waals surface area contributed by atoms with Gasteiger partial charge in [0, 0.05) is 51.6 Å². The van der Waals surface area contributed by atoms with E-state index in [1.165, 1.54) is 0 Å². The van der Waals surface area contributed by atoms with Crippen LogP contribution in [0.5, 0.6) is 0 Å². The first kappa shape index (κ1) is 22.1.